The molecule has 1 aliphatic rings. The highest BCUT2D eigenvalue weighted by Crippen LogP contribution is 2.27. The Morgan fingerprint density at radius 3 is 2.56 bits per heavy atom. The zero-order valence-corrected chi connectivity index (χ0v) is 10.4. The van der Waals surface area contributed by atoms with Crippen molar-refractivity contribution in [3.63, 3.8) is 0 Å². The van der Waals surface area contributed by atoms with E-state index in [0.717, 1.165) is 29.7 Å². The third-order valence-corrected chi connectivity index (χ3v) is 2.62. The normalized spacial score (nSPS) is 19.1. The van der Waals surface area contributed by atoms with Crippen LogP contribution in [0.5, 0.6) is 0 Å². The highest BCUT2D eigenvalue weighted by Gasteiger charge is 2.18. The number of hydrogen-bond acceptors (Lipinski definition) is 2. The molecule has 0 N–H and O–H groups in total. The maximum Gasteiger partial charge on any atom is 0.137 e. The molecule has 88 valence electrons. The lowest BCUT2D eigenvalue weighted by Crippen LogP contribution is -2.10. The van der Waals surface area contributed by atoms with E-state index in [9.17, 15) is 4.79 Å². The molecule has 0 amide bonds. The van der Waals surface area contributed by atoms with Crippen molar-refractivity contribution < 1.29 is 9.53 Å². The third kappa shape index (κ3) is 3.37. The zero-order chi connectivity index (χ0) is 12.1. The molecule has 2 heteroatoms. The maximum atomic E-state index is 11.4. The quantitative estimate of drug-likeness (QED) is 0.537. The summed E-state index contributed by atoms with van der Waals surface area (Å²) < 4.78 is 5.38. The molecule has 0 spiro atoms. The summed E-state index contributed by atoms with van der Waals surface area (Å²) in [6.45, 7) is 8.04. The van der Waals surface area contributed by atoms with Crippen molar-refractivity contribution >= 4 is 5.78 Å². The van der Waals surface area contributed by atoms with Crippen LogP contribution in [0.4, 0.5) is 0 Å². The van der Waals surface area contributed by atoms with E-state index < -0.39 is 0 Å². The van der Waals surface area contributed by atoms with Gasteiger partial charge in [-0.3, -0.25) is 4.79 Å². The van der Waals surface area contributed by atoms with Gasteiger partial charge in [0.2, 0.25) is 0 Å². The number of hydrogen-bond donors (Lipinski definition) is 0. The van der Waals surface area contributed by atoms with E-state index in [1.54, 1.807) is 7.11 Å². The Balaban J connectivity index is 2.94. The fraction of sp³-hybridized carbons (Fsp3) is 0.500. The number of Topliss-reactive ketones (excluding diaryl/α,β-unsaturated/α-hetero) is 1. The molecule has 1 saturated carbocycles. The van der Waals surface area contributed by atoms with E-state index >= 15 is 0 Å². The molecule has 0 bridgehead atoms. The summed E-state index contributed by atoms with van der Waals surface area (Å²) in [5.41, 5.74) is 3.15. The molecule has 0 unspecified atom stereocenters. The molecule has 0 radical (unpaired) electrons. The number of allylic oxidation sites excluding steroid dienone is 3. The highest BCUT2D eigenvalue weighted by molar-refractivity contribution is 5.82. The summed E-state index contributed by atoms with van der Waals surface area (Å²) in [5.74, 6) is 1.11. The molecule has 2 nitrogen and oxygen atoms in total. The van der Waals surface area contributed by atoms with Gasteiger partial charge >= 0.3 is 0 Å². The monoisotopic (exact) mass is 220 g/mol. The van der Waals surface area contributed by atoms with Crippen molar-refractivity contribution in [2.24, 2.45) is 0 Å². The first-order chi connectivity index (χ1) is 7.54. The Labute approximate surface area is 97.7 Å². The van der Waals surface area contributed by atoms with Crippen LogP contribution in [-0.4, -0.2) is 12.9 Å². The van der Waals surface area contributed by atoms with Crippen LogP contribution >= 0.6 is 0 Å². The van der Waals surface area contributed by atoms with Gasteiger partial charge in [-0.05, 0) is 32.3 Å². The Hall–Kier alpha value is -1.31. The summed E-state index contributed by atoms with van der Waals surface area (Å²) >= 11 is 0. The van der Waals surface area contributed by atoms with Crippen LogP contribution in [-0.2, 0) is 9.53 Å². The Morgan fingerprint density at radius 2 is 2.06 bits per heavy atom. The summed E-state index contributed by atoms with van der Waals surface area (Å²) in [4.78, 5) is 11.4. The van der Waals surface area contributed by atoms with Crippen LogP contribution < -0.4 is 0 Å². The van der Waals surface area contributed by atoms with Gasteiger partial charge in [0.25, 0.3) is 0 Å². The first kappa shape index (κ1) is 12.8. The molecule has 0 aromatic rings. The van der Waals surface area contributed by atoms with Gasteiger partial charge in [0, 0.05) is 18.4 Å². The zero-order valence-electron chi connectivity index (χ0n) is 10.4. The summed E-state index contributed by atoms with van der Waals surface area (Å²) in [5, 5.41) is 0. The van der Waals surface area contributed by atoms with Crippen molar-refractivity contribution in [3.8, 4) is 0 Å². The van der Waals surface area contributed by atoms with Gasteiger partial charge in [0.15, 0.2) is 0 Å². The average molecular weight is 220 g/mol. The predicted octanol–water partition coefficient (Wildman–Crippen LogP) is 3.55. The van der Waals surface area contributed by atoms with Gasteiger partial charge in [0.05, 0.1) is 7.11 Å². The largest absolute Gasteiger partial charge is 0.496 e. The fourth-order valence-electron chi connectivity index (χ4n) is 2.02. The van der Waals surface area contributed by atoms with Crippen molar-refractivity contribution in [3.05, 3.63) is 35.1 Å². The third-order valence-electron chi connectivity index (χ3n) is 2.62. The standard InChI is InChI=1S/C14H20O2/c1-10(2)8-11(3)14(16-4)12-6-5-7-13(15)9-12/h8H,3,5-7,9H2,1-2,4H3/b14-12+. The minimum absolute atomic E-state index is 0.306. The molecule has 0 atom stereocenters. The number of carbonyl (C=O) groups excluding carboxylic acids is 1. The van der Waals surface area contributed by atoms with E-state index in [2.05, 4.69) is 6.58 Å². The van der Waals surface area contributed by atoms with Crippen molar-refractivity contribution in [2.75, 3.05) is 7.11 Å². The van der Waals surface area contributed by atoms with Gasteiger partial charge in [-0.2, -0.15) is 0 Å². The smallest absolute Gasteiger partial charge is 0.137 e. The summed E-state index contributed by atoms with van der Waals surface area (Å²) in [7, 11) is 1.64. The van der Waals surface area contributed by atoms with Crippen LogP contribution in [0.2, 0.25) is 0 Å². The summed E-state index contributed by atoms with van der Waals surface area (Å²) in [6, 6.07) is 0. The predicted molar refractivity (Wildman–Crippen MR) is 66.1 cm³/mol. The number of ether oxygens (including phenoxy) is 1. The van der Waals surface area contributed by atoms with Gasteiger partial charge in [-0.15, -0.1) is 0 Å². The molecule has 0 heterocycles. The number of carbonyl (C=O) groups is 1. The Kier molecular flexibility index (Phi) is 4.53. The molecule has 1 aliphatic carbocycles. The second-order valence-corrected chi connectivity index (χ2v) is 4.45. The van der Waals surface area contributed by atoms with E-state index in [1.807, 2.05) is 19.9 Å². The molecule has 0 aromatic heterocycles. The van der Waals surface area contributed by atoms with Crippen molar-refractivity contribution in [2.45, 2.75) is 39.5 Å². The van der Waals surface area contributed by atoms with Crippen LogP contribution in [0.25, 0.3) is 0 Å². The van der Waals surface area contributed by atoms with E-state index in [4.69, 9.17) is 4.74 Å². The lowest BCUT2D eigenvalue weighted by atomic mass is 9.91. The minimum atomic E-state index is 0.306. The van der Waals surface area contributed by atoms with Crippen molar-refractivity contribution in [1.29, 1.82) is 0 Å². The Morgan fingerprint density at radius 1 is 1.38 bits per heavy atom. The second kappa shape index (κ2) is 5.69. The van der Waals surface area contributed by atoms with E-state index in [0.29, 0.717) is 18.6 Å². The van der Waals surface area contributed by atoms with Gasteiger partial charge in [-0.25, -0.2) is 0 Å². The molecule has 0 aromatic carbocycles. The molecule has 16 heavy (non-hydrogen) atoms. The van der Waals surface area contributed by atoms with Crippen LogP contribution in [0.3, 0.4) is 0 Å². The maximum absolute atomic E-state index is 11.4. The molecule has 0 saturated heterocycles. The summed E-state index contributed by atoms with van der Waals surface area (Å²) in [6.07, 6.45) is 5.10. The van der Waals surface area contributed by atoms with Gasteiger partial charge < -0.3 is 4.74 Å². The minimum Gasteiger partial charge on any atom is -0.496 e. The first-order valence-corrected chi connectivity index (χ1v) is 5.66. The van der Waals surface area contributed by atoms with Crippen LogP contribution in [0.1, 0.15) is 39.5 Å². The number of rotatable bonds is 3. The van der Waals surface area contributed by atoms with E-state index in [-0.39, 0.29) is 0 Å². The Bertz CT molecular complexity index is 355. The van der Waals surface area contributed by atoms with Gasteiger partial charge in [0.1, 0.15) is 11.5 Å². The lowest BCUT2D eigenvalue weighted by molar-refractivity contribution is -0.119. The fourth-order valence-corrected chi connectivity index (χ4v) is 2.02. The lowest BCUT2D eigenvalue weighted by Gasteiger charge is -2.18. The second-order valence-electron chi connectivity index (χ2n) is 4.45. The molecular weight excluding hydrogens is 200 g/mol. The van der Waals surface area contributed by atoms with Gasteiger partial charge in [-0.1, -0.05) is 18.2 Å². The highest BCUT2D eigenvalue weighted by atomic mass is 16.5. The molecule has 1 fully saturated rings. The molecule has 1 rings (SSSR count). The van der Waals surface area contributed by atoms with Crippen LogP contribution in [0, 0.1) is 0 Å². The molecular formula is C14H20O2. The first-order valence-electron chi connectivity index (χ1n) is 5.66. The van der Waals surface area contributed by atoms with Crippen molar-refractivity contribution in [1.82, 2.24) is 0 Å². The molecule has 0 aliphatic heterocycles. The number of methoxy groups -OCH3 is 1. The topological polar surface area (TPSA) is 26.3 Å². The average Bonchev–Trinajstić information content (AvgIpc) is 2.17. The SMILES string of the molecule is C=C(C=C(C)C)/C(OC)=C1/CCCC(=O)C1. The van der Waals surface area contributed by atoms with Crippen LogP contribution in [0.15, 0.2) is 35.1 Å². The number of ketones is 1. The van der Waals surface area contributed by atoms with E-state index in [1.165, 1.54) is 5.57 Å².